The zero-order valence-corrected chi connectivity index (χ0v) is 19.1. The lowest BCUT2D eigenvalue weighted by Gasteiger charge is -2.38. The van der Waals surface area contributed by atoms with Crippen molar-refractivity contribution in [3.05, 3.63) is 0 Å². The van der Waals surface area contributed by atoms with Gasteiger partial charge in [-0.25, -0.2) is 0 Å². The minimum absolute atomic E-state index is 0.238. The number of aliphatic hydroxyl groups is 1. The Bertz CT molecular complexity index is 696. The number of methoxy groups -OCH3 is 1. The summed E-state index contributed by atoms with van der Waals surface area (Å²) in [6.45, 7) is 11.1. The van der Waals surface area contributed by atoms with Crippen molar-refractivity contribution in [1.29, 1.82) is 0 Å². The van der Waals surface area contributed by atoms with Gasteiger partial charge in [0.05, 0.1) is 12.2 Å². The Morgan fingerprint density at radius 2 is 1.26 bits per heavy atom. The van der Waals surface area contributed by atoms with Crippen molar-refractivity contribution < 1.29 is 47.7 Å². The summed E-state index contributed by atoms with van der Waals surface area (Å²) in [7, 11) is 1.55. The van der Waals surface area contributed by atoms with Crippen LogP contribution in [0.2, 0.25) is 0 Å². The van der Waals surface area contributed by atoms with E-state index in [1.807, 2.05) is 41.5 Å². The molecule has 1 N–H and O–H groups in total. The third-order valence-electron chi connectivity index (χ3n) is 6.38. The van der Waals surface area contributed by atoms with Gasteiger partial charge in [-0.05, 0) is 41.5 Å². The van der Waals surface area contributed by atoms with Crippen LogP contribution in [0.15, 0.2) is 0 Å². The first kappa shape index (κ1) is 22.4. The van der Waals surface area contributed by atoms with E-state index < -0.39 is 72.7 Å². The second-order valence-electron chi connectivity index (χ2n) is 10.3. The summed E-state index contributed by atoms with van der Waals surface area (Å²) >= 11 is 0. The fraction of sp³-hybridized carbons (Fsp3) is 1.00. The molecule has 0 unspecified atom stereocenters. The first-order chi connectivity index (χ1) is 14.4. The van der Waals surface area contributed by atoms with Crippen LogP contribution in [0.4, 0.5) is 0 Å². The van der Waals surface area contributed by atoms with Crippen LogP contribution in [0.25, 0.3) is 0 Å². The summed E-state index contributed by atoms with van der Waals surface area (Å²) in [6.07, 6.45) is -5.09. The van der Waals surface area contributed by atoms with E-state index >= 15 is 0 Å². The third kappa shape index (κ3) is 3.95. The van der Waals surface area contributed by atoms with Crippen LogP contribution in [0.3, 0.4) is 0 Å². The molecule has 0 aromatic heterocycles. The highest BCUT2D eigenvalue weighted by Gasteiger charge is 2.62. The van der Waals surface area contributed by atoms with Crippen LogP contribution in [0, 0.1) is 0 Å². The highest BCUT2D eigenvalue weighted by atomic mass is 16.9. The number of hydrogen-bond acceptors (Lipinski definition) is 10. The van der Waals surface area contributed by atoms with Gasteiger partial charge < -0.3 is 47.7 Å². The van der Waals surface area contributed by atoms with E-state index in [0.29, 0.717) is 0 Å². The van der Waals surface area contributed by atoms with Gasteiger partial charge in [0.2, 0.25) is 0 Å². The summed E-state index contributed by atoms with van der Waals surface area (Å²) in [5.74, 6) is -2.37. The molecule has 5 fully saturated rings. The molecule has 5 aliphatic heterocycles. The van der Waals surface area contributed by atoms with Crippen molar-refractivity contribution in [3.63, 3.8) is 0 Å². The van der Waals surface area contributed by atoms with Crippen molar-refractivity contribution in [1.82, 2.24) is 0 Å². The lowest BCUT2D eigenvalue weighted by atomic mass is 9.92. The minimum Gasteiger partial charge on any atom is -0.390 e. The van der Waals surface area contributed by atoms with Gasteiger partial charge in [0.1, 0.15) is 36.6 Å². The molecule has 0 radical (unpaired) electrons. The van der Waals surface area contributed by atoms with Crippen molar-refractivity contribution in [2.24, 2.45) is 0 Å². The molecule has 0 spiro atoms. The summed E-state index contributed by atoms with van der Waals surface area (Å²) in [5, 5.41) is 11.2. The van der Waals surface area contributed by atoms with Gasteiger partial charge in [-0.2, -0.15) is 0 Å². The smallest absolute Gasteiger partial charge is 0.190 e. The highest BCUT2D eigenvalue weighted by Crippen LogP contribution is 2.46. The number of rotatable bonds is 4. The molecule has 5 aliphatic rings. The topological polar surface area (TPSA) is 103 Å². The third-order valence-corrected chi connectivity index (χ3v) is 6.38. The molecule has 178 valence electrons. The highest BCUT2D eigenvalue weighted by molar-refractivity contribution is 5.03. The van der Waals surface area contributed by atoms with Crippen LogP contribution in [-0.2, 0) is 42.6 Å². The first-order valence-corrected chi connectivity index (χ1v) is 11.0. The van der Waals surface area contributed by atoms with Crippen LogP contribution < -0.4 is 0 Å². The van der Waals surface area contributed by atoms with Gasteiger partial charge in [0.25, 0.3) is 0 Å². The Kier molecular flexibility index (Phi) is 5.27. The zero-order valence-electron chi connectivity index (χ0n) is 19.1. The lowest BCUT2D eigenvalue weighted by Crippen LogP contribution is -2.56. The minimum atomic E-state index is -0.907. The molecular weight excluding hydrogens is 412 g/mol. The van der Waals surface area contributed by atoms with E-state index in [2.05, 4.69) is 0 Å². The molecular formula is C21H34O10. The predicted octanol–water partition coefficient (Wildman–Crippen LogP) is 1.03. The van der Waals surface area contributed by atoms with Gasteiger partial charge in [0.15, 0.2) is 29.9 Å². The SMILES string of the molecule is CO[C@@H]1O[C@H]([C@H](O)C[C@H]2O[C@@H]3OC(C)(C)O[C@@H]3[C@H]3OC(C)(C)O[C@H]32)[C@H]2OC(C)(C)O[C@@H]12. The van der Waals surface area contributed by atoms with Crippen LogP contribution in [0.1, 0.15) is 48.0 Å². The van der Waals surface area contributed by atoms with Gasteiger partial charge in [-0.3, -0.25) is 0 Å². The molecule has 0 aliphatic carbocycles. The standard InChI is InChI=1S/C21H34O10/c1-19(2)26-12-10(24-18-16(14(12)28-19)30-21(5,6)31-18)8-9(22)11-13-15(17(23-7)25-11)29-20(3,4)27-13/h9-18,22H,8H2,1-7H3/t9-,10-,11-,12+,13-,14+,15-,16-,17-,18-/m1/s1. The van der Waals surface area contributed by atoms with E-state index in [0.717, 1.165) is 0 Å². The number of fused-ring (bicyclic) bond motifs is 4. The van der Waals surface area contributed by atoms with Crippen LogP contribution in [0.5, 0.6) is 0 Å². The Balaban J connectivity index is 1.33. The summed E-state index contributed by atoms with van der Waals surface area (Å²) in [5.41, 5.74) is 0. The molecule has 10 atom stereocenters. The maximum atomic E-state index is 11.2. The Morgan fingerprint density at radius 1 is 0.710 bits per heavy atom. The second-order valence-corrected chi connectivity index (χ2v) is 10.3. The van der Waals surface area contributed by atoms with Crippen molar-refractivity contribution in [2.75, 3.05) is 7.11 Å². The maximum absolute atomic E-state index is 11.2. The molecule has 5 saturated heterocycles. The van der Waals surface area contributed by atoms with Gasteiger partial charge in [-0.15, -0.1) is 0 Å². The Morgan fingerprint density at radius 3 is 1.94 bits per heavy atom. The molecule has 0 bridgehead atoms. The largest absolute Gasteiger partial charge is 0.390 e. The first-order valence-electron chi connectivity index (χ1n) is 11.0. The van der Waals surface area contributed by atoms with E-state index in [1.54, 1.807) is 7.11 Å². The predicted molar refractivity (Wildman–Crippen MR) is 103 cm³/mol. The monoisotopic (exact) mass is 446 g/mol. The number of ether oxygens (including phenoxy) is 9. The Hall–Kier alpha value is -0.400. The molecule has 0 saturated carbocycles. The van der Waals surface area contributed by atoms with E-state index in [1.165, 1.54) is 0 Å². The molecule has 5 heterocycles. The molecule has 5 rings (SSSR count). The quantitative estimate of drug-likeness (QED) is 0.673. The van der Waals surface area contributed by atoms with Crippen LogP contribution in [-0.4, -0.2) is 91.0 Å². The number of hydrogen-bond donors (Lipinski definition) is 1. The van der Waals surface area contributed by atoms with Gasteiger partial charge >= 0.3 is 0 Å². The summed E-state index contributed by atoms with van der Waals surface area (Å²) < 4.78 is 53.8. The van der Waals surface area contributed by atoms with Crippen LogP contribution >= 0.6 is 0 Å². The lowest BCUT2D eigenvalue weighted by molar-refractivity contribution is -0.252. The average Bonchev–Trinajstić information content (AvgIpc) is 3.31. The second kappa shape index (κ2) is 7.30. The summed E-state index contributed by atoms with van der Waals surface area (Å²) in [6, 6.07) is 0. The van der Waals surface area contributed by atoms with Gasteiger partial charge in [0, 0.05) is 13.5 Å². The molecule has 0 aromatic rings. The van der Waals surface area contributed by atoms with E-state index in [-0.39, 0.29) is 12.5 Å². The van der Waals surface area contributed by atoms with Crippen molar-refractivity contribution in [2.45, 2.75) is 127 Å². The molecule has 10 heteroatoms. The fourth-order valence-electron chi connectivity index (χ4n) is 5.35. The van der Waals surface area contributed by atoms with Gasteiger partial charge in [-0.1, -0.05) is 0 Å². The normalized spacial score (nSPS) is 50.1. The molecule has 31 heavy (non-hydrogen) atoms. The zero-order chi connectivity index (χ0) is 22.3. The average molecular weight is 446 g/mol. The number of aliphatic hydroxyl groups excluding tert-OH is 1. The van der Waals surface area contributed by atoms with Crippen molar-refractivity contribution >= 4 is 0 Å². The maximum Gasteiger partial charge on any atom is 0.190 e. The molecule has 0 aromatic carbocycles. The molecule has 10 nitrogen and oxygen atoms in total. The summed E-state index contributed by atoms with van der Waals surface area (Å²) in [4.78, 5) is 0. The molecule has 0 amide bonds. The van der Waals surface area contributed by atoms with E-state index in [4.69, 9.17) is 42.6 Å². The van der Waals surface area contributed by atoms with E-state index in [9.17, 15) is 5.11 Å². The Labute approximate surface area is 182 Å². The van der Waals surface area contributed by atoms with Crippen molar-refractivity contribution in [3.8, 4) is 0 Å². The fourth-order valence-corrected chi connectivity index (χ4v) is 5.35.